The quantitative estimate of drug-likeness (QED) is 0.232. The van der Waals surface area contributed by atoms with E-state index in [0.717, 1.165) is 16.3 Å². The van der Waals surface area contributed by atoms with Crippen LogP contribution in [0.3, 0.4) is 0 Å². The molecule has 0 bridgehead atoms. The summed E-state index contributed by atoms with van der Waals surface area (Å²) in [4.78, 5) is 31.0. The molecule has 0 radical (unpaired) electrons. The summed E-state index contributed by atoms with van der Waals surface area (Å²) >= 11 is 1.08. The summed E-state index contributed by atoms with van der Waals surface area (Å²) < 4.78 is 30.4. The number of carbonyl (C=O) groups excluding carboxylic acids is 1. The van der Waals surface area contributed by atoms with E-state index < -0.39 is 11.7 Å². The molecule has 0 aliphatic rings. The van der Waals surface area contributed by atoms with Crippen molar-refractivity contribution in [2.45, 2.75) is 0 Å². The third kappa shape index (κ3) is 4.41. The molecule has 0 aliphatic heterocycles. The lowest BCUT2D eigenvalue weighted by Gasteiger charge is -2.15. The van der Waals surface area contributed by atoms with Gasteiger partial charge >= 0.3 is 0 Å². The maximum absolute atomic E-state index is 13.8. The van der Waals surface area contributed by atoms with Crippen LogP contribution < -0.4 is 19.9 Å². The molecule has 2 heterocycles. The third-order valence-corrected chi connectivity index (χ3v) is 6.32. The fraction of sp³-hybridized carbons (Fsp3) is 0.0769. The maximum atomic E-state index is 13.8. The molecule has 3 aromatic carbocycles. The molecule has 10 heteroatoms. The molecule has 0 saturated carbocycles. The van der Waals surface area contributed by atoms with E-state index in [1.54, 1.807) is 30.3 Å². The summed E-state index contributed by atoms with van der Waals surface area (Å²) in [6, 6.07) is 15.6. The second-order valence-corrected chi connectivity index (χ2v) is 8.60. The Morgan fingerprint density at radius 3 is 2.58 bits per heavy atom. The second-order valence-electron chi connectivity index (χ2n) is 7.59. The van der Waals surface area contributed by atoms with Gasteiger partial charge in [0.25, 0.3) is 5.91 Å². The summed E-state index contributed by atoms with van der Waals surface area (Å²) in [7, 11) is 2.94. The first-order valence-corrected chi connectivity index (χ1v) is 11.5. The van der Waals surface area contributed by atoms with E-state index in [-0.39, 0.29) is 21.7 Å². The van der Waals surface area contributed by atoms with Crippen molar-refractivity contribution in [3.63, 3.8) is 0 Å². The Balaban J connectivity index is 1.62. The molecule has 0 fully saturated rings. The number of hydrogen-bond donors (Lipinski definition) is 0. The van der Waals surface area contributed by atoms with Crippen LogP contribution in [-0.2, 0) is 0 Å². The van der Waals surface area contributed by atoms with Gasteiger partial charge in [-0.3, -0.25) is 9.59 Å². The van der Waals surface area contributed by atoms with E-state index in [1.165, 1.54) is 57.0 Å². The van der Waals surface area contributed by atoms with Gasteiger partial charge in [0.1, 0.15) is 29.2 Å². The molecule has 0 N–H and O–H groups in total. The van der Waals surface area contributed by atoms with Gasteiger partial charge in [0, 0.05) is 11.6 Å². The highest BCUT2D eigenvalue weighted by atomic mass is 32.1. The number of carbonyl (C=O) groups is 1. The summed E-state index contributed by atoms with van der Waals surface area (Å²) in [6.07, 6.45) is 2.51. The summed E-state index contributed by atoms with van der Waals surface area (Å²) in [5, 5.41) is 5.92. The number of benzene rings is 3. The van der Waals surface area contributed by atoms with Gasteiger partial charge < -0.3 is 13.9 Å². The predicted molar refractivity (Wildman–Crippen MR) is 136 cm³/mol. The number of aromatic nitrogens is 1. The fourth-order valence-corrected chi connectivity index (χ4v) is 4.47. The molecule has 5 aromatic rings. The molecule has 0 spiro atoms. The number of rotatable bonds is 6. The van der Waals surface area contributed by atoms with Crippen molar-refractivity contribution in [1.29, 1.82) is 0 Å². The molecule has 5 rings (SSSR count). The lowest BCUT2D eigenvalue weighted by Crippen LogP contribution is -2.26. The van der Waals surface area contributed by atoms with Gasteiger partial charge in [-0.05, 0) is 42.5 Å². The van der Waals surface area contributed by atoms with Crippen molar-refractivity contribution in [2.24, 2.45) is 5.10 Å². The minimum atomic E-state index is -0.562. The Labute approximate surface area is 207 Å². The number of ether oxygens (including phenoxy) is 2. The van der Waals surface area contributed by atoms with Gasteiger partial charge in [0.05, 0.1) is 41.6 Å². The summed E-state index contributed by atoms with van der Waals surface area (Å²) in [5.74, 6) is -0.176. The van der Waals surface area contributed by atoms with Crippen LogP contribution in [0.5, 0.6) is 11.5 Å². The summed E-state index contributed by atoms with van der Waals surface area (Å²) in [6.45, 7) is 0. The zero-order valence-corrected chi connectivity index (χ0v) is 19.9. The topological polar surface area (TPSA) is 94.2 Å². The van der Waals surface area contributed by atoms with Gasteiger partial charge in [0.2, 0.25) is 10.6 Å². The van der Waals surface area contributed by atoms with Crippen molar-refractivity contribution >= 4 is 49.8 Å². The van der Waals surface area contributed by atoms with Crippen LogP contribution in [0.15, 0.2) is 81.2 Å². The Kier molecular flexibility index (Phi) is 6.17. The molecule has 0 saturated heterocycles. The molecule has 1 amide bonds. The van der Waals surface area contributed by atoms with Gasteiger partial charge in [-0.1, -0.05) is 23.5 Å². The van der Waals surface area contributed by atoms with Gasteiger partial charge in [0.15, 0.2) is 0 Å². The zero-order valence-electron chi connectivity index (χ0n) is 19.1. The zero-order chi connectivity index (χ0) is 25.2. The van der Waals surface area contributed by atoms with Gasteiger partial charge in [-0.25, -0.2) is 9.37 Å². The van der Waals surface area contributed by atoms with Crippen LogP contribution in [0.2, 0.25) is 0 Å². The van der Waals surface area contributed by atoms with Crippen molar-refractivity contribution in [3.8, 4) is 11.5 Å². The van der Waals surface area contributed by atoms with Crippen molar-refractivity contribution in [1.82, 2.24) is 4.98 Å². The molecule has 0 unspecified atom stereocenters. The van der Waals surface area contributed by atoms with Crippen LogP contribution in [-0.4, -0.2) is 31.3 Å². The standard InChI is InChI=1S/C26H18FN3O5S/c1-33-18-9-15(10-19(12-18)34-2)25(32)30(26-29-21-8-7-17(27)11-23(21)36-26)28-13-16-14-35-22-6-4-3-5-20(22)24(16)31/h3-14H,1-2H3/b28-13+. The molecule has 2 aromatic heterocycles. The number of nitrogens with zero attached hydrogens (tertiary/aromatic N) is 3. The summed E-state index contributed by atoms with van der Waals surface area (Å²) in [5.41, 5.74) is 0.978. The minimum Gasteiger partial charge on any atom is -0.497 e. The van der Waals surface area contributed by atoms with E-state index in [1.807, 2.05) is 0 Å². The number of halogens is 1. The Morgan fingerprint density at radius 1 is 1.08 bits per heavy atom. The highest BCUT2D eigenvalue weighted by Gasteiger charge is 2.23. The van der Waals surface area contributed by atoms with Crippen LogP contribution in [0, 0.1) is 5.82 Å². The molecule has 0 atom stereocenters. The van der Waals surface area contributed by atoms with E-state index in [4.69, 9.17) is 13.9 Å². The van der Waals surface area contributed by atoms with E-state index in [2.05, 4.69) is 10.1 Å². The Hall–Kier alpha value is -4.57. The highest BCUT2D eigenvalue weighted by Crippen LogP contribution is 2.32. The largest absolute Gasteiger partial charge is 0.497 e. The maximum Gasteiger partial charge on any atom is 0.281 e. The fourth-order valence-electron chi connectivity index (χ4n) is 3.52. The number of amides is 1. The van der Waals surface area contributed by atoms with Crippen molar-refractivity contribution < 1.29 is 23.1 Å². The second kappa shape index (κ2) is 9.59. The monoisotopic (exact) mass is 503 g/mol. The van der Waals surface area contributed by atoms with Gasteiger partial charge in [-0.15, -0.1) is 0 Å². The van der Waals surface area contributed by atoms with Crippen LogP contribution in [0.4, 0.5) is 9.52 Å². The normalized spacial score (nSPS) is 11.3. The number of methoxy groups -OCH3 is 2. The average Bonchev–Trinajstić information content (AvgIpc) is 3.32. The Bertz CT molecular complexity index is 1670. The lowest BCUT2D eigenvalue weighted by molar-refractivity contribution is 0.0987. The van der Waals surface area contributed by atoms with Crippen molar-refractivity contribution in [2.75, 3.05) is 19.2 Å². The Morgan fingerprint density at radius 2 is 1.83 bits per heavy atom. The van der Waals surface area contributed by atoms with Crippen LogP contribution in [0.25, 0.3) is 21.2 Å². The third-order valence-electron chi connectivity index (χ3n) is 5.33. The van der Waals surface area contributed by atoms with Gasteiger partial charge in [-0.2, -0.15) is 10.1 Å². The van der Waals surface area contributed by atoms with Crippen LogP contribution in [0.1, 0.15) is 15.9 Å². The first-order valence-electron chi connectivity index (χ1n) is 10.6. The number of fused-ring (bicyclic) bond motifs is 2. The number of hydrogen-bond acceptors (Lipinski definition) is 8. The van der Waals surface area contributed by atoms with E-state index in [0.29, 0.717) is 32.7 Å². The molecular weight excluding hydrogens is 485 g/mol. The van der Waals surface area contributed by atoms with E-state index >= 15 is 0 Å². The average molecular weight is 504 g/mol. The minimum absolute atomic E-state index is 0.141. The number of anilines is 1. The number of thiazole rings is 1. The molecule has 36 heavy (non-hydrogen) atoms. The SMILES string of the molecule is COc1cc(OC)cc(C(=O)N(/N=C/c2coc3ccccc3c2=O)c2nc3ccc(F)cc3s2)c1. The highest BCUT2D eigenvalue weighted by molar-refractivity contribution is 7.22. The smallest absolute Gasteiger partial charge is 0.281 e. The lowest BCUT2D eigenvalue weighted by atomic mass is 10.2. The van der Waals surface area contributed by atoms with Crippen LogP contribution >= 0.6 is 11.3 Å². The van der Waals surface area contributed by atoms with E-state index in [9.17, 15) is 14.0 Å². The number of para-hydroxylation sites is 1. The van der Waals surface area contributed by atoms with Crippen molar-refractivity contribution in [3.05, 3.63) is 94.1 Å². The molecule has 180 valence electrons. The number of hydrazone groups is 1. The molecule has 0 aliphatic carbocycles. The molecule has 8 nitrogen and oxygen atoms in total. The predicted octanol–water partition coefficient (Wildman–Crippen LogP) is 5.24. The molecular formula is C26H18FN3O5S. The first-order chi connectivity index (χ1) is 17.5. The first kappa shape index (κ1) is 23.2.